The Balaban J connectivity index is 2.19. The van der Waals surface area contributed by atoms with Gasteiger partial charge in [-0.15, -0.1) is 11.8 Å². The van der Waals surface area contributed by atoms with Crippen molar-refractivity contribution in [1.29, 1.82) is 0 Å². The summed E-state index contributed by atoms with van der Waals surface area (Å²) in [6, 6.07) is 15.7. The maximum Gasteiger partial charge on any atom is 0.242 e. The number of amides is 2. The second-order valence-electron chi connectivity index (χ2n) is 8.11. The zero-order valence-electron chi connectivity index (χ0n) is 18.8. The van der Waals surface area contributed by atoms with E-state index in [1.165, 1.54) is 17.3 Å². The second kappa shape index (κ2) is 11.8. The van der Waals surface area contributed by atoms with Gasteiger partial charge in [-0.1, -0.05) is 62.7 Å². The molecule has 0 aromatic heterocycles. The lowest BCUT2D eigenvalue weighted by Crippen LogP contribution is -2.50. The smallest absolute Gasteiger partial charge is 0.242 e. The summed E-state index contributed by atoms with van der Waals surface area (Å²) in [6.45, 7) is 11.2. The van der Waals surface area contributed by atoms with E-state index < -0.39 is 6.04 Å². The van der Waals surface area contributed by atoms with E-state index in [4.69, 9.17) is 0 Å². The number of nitrogens with zero attached hydrogens (tertiary/aromatic N) is 1. The number of thioether (sulfide) groups is 1. The van der Waals surface area contributed by atoms with Gasteiger partial charge >= 0.3 is 0 Å². The highest BCUT2D eigenvalue weighted by Gasteiger charge is 2.28. The first-order chi connectivity index (χ1) is 14.3. The van der Waals surface area contributed by atoms with Crippen molar-refractivity contribution in [2.24, 2.45) is 5.92 Å². The molecule has 0 aliphatic carbocycles. The van der Waals surface area contributed by atoms with E-state index in [1.807, 2.05) is 69.3 Å². The van der Waals surface area contributed by atoms with Gasteiger partial charge in [-0.2, -0.15) is 0 Å². The molecule has 30 heavy (non-hydrogen) atoms. The van der Waals surface area contributed by atoms with E-state index in [1.54, 1.807) is 4.90 Å². The van der Waals surface area contributed by atoms with E-state index in [2.05, 4.69) is 19.2 Å². The summed E-state index contributed by atoms with van der Waals surface area (Å²) in [5, 5.41) is 3.01. The maximum absolute atomic E-state index is 13.3. The fraction of sp³-hybridized carbons (Fsp3) is 0.440. The first kappa shape index (κ1) is 24.0. The number of aryl methyl sites for hydroxylation is 2. The number of rotatable bonds is 10. The molecular weight excluding hydrogens is 392 g/mol. The van der Waals surface area contributed by atoms with Crippen molar-refractivity contribution in [3.63, 3.8) is 0 Å². The molecule has 0 saturated heterocycles. The van der Waals surface area contributed by atoms with Crippen molar-refractivity contribution < 1.29 is 9.59 Å². The van der Waals surface area contributed by atoms with E-state index in [0.717, 1.165) is 16.0 Å². The molecule has 0 unspecified atom stereocenters. The summed E-state index contributed by atoms with van der Waals surface area (Å²) >= 11 is 1.52. The van der Waals surface area contributed by atoms with E-state index in [0.29, 0.717) is 31.2 Å². The van der Waals surface area contributed by atoms with Gasteiger partial charge in [0.05, 0.1) is 5.75 Å². The summed E-state index contributed by atoms with van der Waals surface area (Å²) < 4.78 is 0. The van der Waals surface area contributed by atoms with Gasteiger partial charge in [-0.05, 0) is 49.4 Å². The lowest BCUT2D eigenvalue weighted by Gasteiger charge is -2.31. The number of hydrogen-bond donors (Lipinski definition) is 1. The van der Waals surface area contributed by atoms with Gasteiger partial charge in [-0.25, -0.2) is 0 Å². The molecule has 0 spiro atoms. The van der Waals surface area contributed by atoms with Crippen LogP contribution >= 0.6 is 11.8 Å². The largest absolute Gasteiger partial charge is 0.354 e. The Hall–Kier alpha value is -2.27. The molecule has 2 amide bonds. The molecule has 0 saturated carbocycles. The molecule has 0 aliphatic heterocycles. The molecular formula is C25H34N2O2S. The average molecular weight is 427 g/mol. The van der Waals surface area contributed by atoms with Gasteiger partial charge in [0.15, 0.2) is 0 Å². The first-order valence-corrected chi connectivity index (χ1v) is 11.6. The number of benzene rings is 2. The Morgan fingerprint density at radius 1 is 1.03 bits per heavy atom. The summed E-state index contributed by atoms with van der Waals surface area (Å²) in [7, 11) is 0. The molecule has 162 valence electrons. The monoisotopic (exact) mass is 426 g/mol. The minimum absolute atomic E-state index is 0.0182. The summed E-state index contributed by atoms with van der Waals surface area (Å²) in [4.78, 5) is 29.0. The SMILES string of the molecule is CC[C@H](C(=O)NCC(C)C)N(Cc1ccccc1C)C(=O)CSc1ccc(C)cc1. The summed E-state index contributed by atoms with van der Waals surface area (Å²) in [6.07, 6.45) is 0.580. The molecule has 5 heteroatoms. The van der Waals surface area contributed by atoms with Crippen LogP contribution in [-0.2, 0) is 16.1 Å². The lowest BCUT2D eigenvalue weighted by atomic mass is 10.1. The molecule has 2 aromatic rings. The number of hydrogen-bond acceptors (Lipinski definition) is 3. The minimum Gasteiger partial charge on any atom is -0.354 e. The lowest BCUT2D eigenvalue weighted by molar-refractivity contribution is -0.139. The van der Waals surface area contributed by atoms with Crippen LogP contribution in [0, 0.1) is 19.8 Å². The van der Waals surface area contributed by atoms with Crippen molar-refractivity contribution in [2.75, 3.05) is 12.3 Å². The molecule has 2 aromatic carbocycles. The fourth-order valence-corrected chi connectivity index (χ4v) is 3.96. The molecule has 1 N–H and O–H groups in total. The number of carbonyl (C=O) groups excluding carboxylic acids is 2. The van der Waals surface area contributed by atoms with Gasteiger partial charge in [0.1, 0.15) is 6.04 Å². The first-order valence-electron chi connectivity index (χ1n) is 10.6. The zero-order chi connectivity index (χ0) is 22.1. The van der Waals surface area contributed by atoms with E-state index in [-0.39, 0.29) is 11.8 Å². The van der Waals surface area contributed by atoms with Crippen LogP contribution < -0.4 is 5.32 Å². The van der Waals surface area contributed by atoms with Crippen LogP contribution in [0.2, 0.25) is 0 Å². The van der Waals surface area contributed by atoms with Crippen LogP contribution in [-0.4, -0.2) is 35.1 Å². The highest BCUT2D eigenvalue weighted by molar-refractivity contribution is 8.00. The van der Waals surface area contributed by atoms with Gasteiger partial charge < -0.3 is 10.2 Å². The highest BCUT2D eigenvalue weighted by atomic mass is 32.2. The second-order valence-corrected chi connectivity index (χ2v) is 9.16. The predicted molar refractivity (Wildman–Crippen MR) is 126 cm³/mol. The Morgan fingerprint density at radius 2 is 1.70 bits per heavy atom. The third kappa shape index (κ3) is 7.21. The predicted octanol–water partition coefficient (Wildman–Crippen LogP) is 4.98. The van der Waals surface area contributed by atoms with Gasteiger partial charge in [-0.3, -0.25) is 9.59 Å². The molecule has 0 aliphatic rings. The van der Waals surface area contributed by atoms with Crippen molar-refractivity contribution in [3.8, 4) is 0 Å². The van der Waals surface area contributed by atoms with Crippen LogP contribution in [0.25, 0.3) is 0 Å². The standard InChI is InChI=1S/C25H34N2O2S/c1-6-23(25(29)26-15-18(2)3)27(16-21-10-8-7-9-20(21)5)24(28)17-30-22-13-11-19(4)12-14-22/h7-14,18,23H,6,15-17H2,1-5H3,(H,26,29)/t23-/m1/s1. The fourth-order valence-electron chi connectivity index (χ4n) is 3.18. The van der Waals surface area contributed by atoms with E-state index >= 15 is 0 Å². The minimum atomic E-state index is -0.477. The summed E-state index contributed by atoms with van der Waals surface area (Å²) in [5.74, 6) is 0.580. The van der Waals surface area contributed by atoms with Gasteiger partial charge in [0.2, 0.25) is 11.8 Å². The van der Waals surface area contributed by atoms with Crippen molar-refractivity contribution in [1.82, 2.24) is 10.2 Å². The van der Waals surface area contributed by atoms with Crippen LogP contribution in [0.4, 0.5) is 0 Å². The van der Waals surface area contributed by atoms with Crippen LogP contribution in [0.1, 0.15) is 43.9 Å². The third-order valence-electron chi connectivity index (χ3n) is 5.06. The topological polar surface area (TPSA) is 49.4 Å². The van der Waals surface area contributed by atoms with Crippen LogP contribution in [0.5, 0.6) is 0 Å². The molecule has 1 atom stereocenters. The molecule has 4 nitrogen and oxygen atoms in total. The Bertz CT molecular complexity index is 833. The molecule has 0 fully saturated rings. The van der Waals surface area contributed by atoms with Gasteiger partial charge in [0, 0.05) is 18.0 Å². The van der Waals surface area contributed by atoms with E-state index in [9.17, 15) is 9.59 Å². The molecule has 0 radical (unpaired) electrons. The normalized spacial score (nSPS) is 11.9. The van der Waals surface area contributed by atoms with Crippen LogP contribution in [0.15, 0.2) is 53.4 Å². The number of nitrogens with one attached hydrogen (secondary N) is 1. The Kier molecular flexibility index (Phi) is 9.44. The Morgan fingerprint density at radius 3 is 2.30 bits per heavy atom. The maximum atomic E-state index is 13.3. The quantitative estimate of drug-likeness (QED) is 0.546. The third-order valence-corrected chi connectivity index (χ3v) is 6.05. The Labute approximate surface area is 185 Å². The molecule has 0 heterocycles. The van der Waals surface area contributed by atoms with Crippen molar-refractivity contribution in [2.45, 2.75) is 58.5 Å². The van der Waals surface area contributed by atoms with Crippen molar-refractivity contribution in [3.05, 3.63) is 65.2 Å². The van der Waals surface area contributed by atoms with Gasteiger partial charge in [0.25, 0.3) is 0 Å². The van der Waals surface area contributed by atoms with Crippen LogP contribution in [0.3, 0.4) is 0 Å². The molecule has 2 rings (SSSR count). The van der Waals surface area contributed by atoms with Crippen molar-refractivity contribution >= 4 is 23.6 Å². The zero-order valence-corrected chi connectivity index (χ0v) is 19.6. The molecule has 0 bridgehead atoms. The summed E-state index contributed by atoms with van der Waals surface area (Å²) in [5.41, 5.74) is 3.39. The highest BCUT2D eigenvalue weighted by Crippen LogP contribution is 2.21. The number of carbonyl (C=O) groups is 2. The average Bonchev–Trinajstić information content (AvgIpc) is 2.72.